The van der Waals surface area contributed by atoms with Gasteiger partial charge in [-0.2, -0.15) is 0 Å². The first-order valence-corrected chi connectivity index (χ1v) is 6.03. The van der Waals surface area contributed by atoms with E-state index < -0.39 is 0 Å². The molecule has 0 spiro atoms. The highest BCUT2D eigenvalue weighted by Crippen LogP contribution is 2.22. The molecule has 1 nitrogen and oxygen atoms in total. The fourth-order valence-corrected chi connectivity index (χ4v) is 1.83. The number of benzene rings is 1. The van der Waals surface area contributed by atoms with Crippen molar-refractivity contribution < 1.29 is 9.18 Å². The molecule has 92 valence electrons. The molecule has 1 aromatic carbocycles. The van der Waals surface area contributed by atoms with E-state index in [9.17, 15) is 9.18 Å². The highest BCUT2D eigenvalue weighted by atomic mass is 19.1. The molecule has 1 aromatic rings. The molecule has 0 aliphatic heterocycles. The number of carbonyl (C=O) groups excluding carboxylic acids is 1. The van der Waals surface area contributed by atoms with Crippen molar-refractivity contribution in [1.29, 1.82) is 0 Å². The van der Waals surface area contributed by atoms with E-state index >= 15 is 0 Å². The van der Waals surface area contributed by atoms with Crippen molar-refractivity contribution in [3.63, 3.8) is 0 Å². The van der Waals surface area contributed by atoms with Crippen LogP contribution >= 0.6 is 0 Å². The van der Waals surface area contributed by atoms with Crippen LogP contribution in [0.25, 0.3) is 5.57 Å². The van der Waals surface area contributed by atoms with Crippen molar-refractivity contribution in [2.75, 3.05) is 0 Å². The van der Waals surface area contributed by atoms with E-state index in [0.29, 0.717) is 17.6 Å². The van der Waals surface area contributed by atoms with Crippen LogP contribution in [0, 0.1) is 5.82 Å². The Kier molecular flexibility index (Phi) is 5.08. The predicted octanol–water partition coefficient (Wildman–Crippen LogP) is 4.38. The maximum Gasteiger partial charge on any atom is 0.163 e. The van der Waals surface area contributed by atoms with Crippen LogP contribution < -0.4 is 0 Å². The molecule has 1 rings (SSSR count). The molecule has 0 amide bonds. The van der Waals surface area contributed by atoms with Crippen molar-refractivity contribution in [3.8, 4) is 0 Å². The maximum atomic E-state index is 13.2. The lowest BCUT2D eigenvalue weighted by Crippen LogP contribution is -2.03. The summed E-state index contributed by atoms with van der Waals surface area (Å²) >= 11 is 0. The Labute approximate surface area is 102 Å². The monoisotopic (exact) mass is 234 g/mol. The van der Waals surface area contributed by atoms with Crippen LogP contribution in [0.4, 0.5) is 4.39 Å². The van der Waals surface area contributed by atoms with E-state index in [4.69, 9.17) is 0 Å². The molecule has 0 unspecified atom stereocenters. The van der Waals surface area contributed by atoms with Gasteiger partial charge in [-0.25, -0.2) is 4.39 Å². The summed E-state index contributed by atoms with van der Waals surface area (Å²) in [6.45, 7) is 5.84. The van der Waals surface area contributed by atoms with Gasteiger partial charge in [0.2, 0.25) is 0 Å². The largest absolute Gasteiger partial charge is 0.294 e. The molecule has 0 aliphatic carbocycles. The number of rotatable bonds is 5. The quantitative estimate of drug-likeness (QED) is 0.691. The van der Waals surface area contributed by atoms with Crippen LogP contribution in [0.2, 0.25) is 0 Å². The van der Waals surface area contributed by atoms with Gasteiger partial charge in [0.15, 0.2) is 5.78 Å². The average Bonchev–Trinajstić information content (AvgIpc) is 2.26. The summed E-state index contributed by atoms with van der Waals surface area (Å²) in [4.78, 5) is 12.1. The molecule has 0 aromatic heterocycles. The average molecular weight is 234 g/mol. The normalized spacial score (nSPS) is 10.1. The standard InChI is InChI=1S/C15H19FO/c1-4-5-9-14(17)15(11(2)3)12-7-6-8-13(16)10-12/h6-8,10H,4-5,9H2,1-3H3. The second-order valence-corrected chi connectivity index (χ2v) is 4.41. The summed E-state index contributed by atoms with van der Waals surface area (Å²) in [6.07, 6.45) is 2.41. The molecular formula is C15H19FO. The molecule has 0 saturated carbocycles. The minimum atomic E-state index is -0.301. The zero-order chi connectivity index (χ0) is 12.8. The Bertz CT molecular complexity index is 428. The van der Waals surface area contributed by atoms with Gasteiger partial charge < -0.3 is 0 Å². The maximum absolute atomic E-state index is 13.2. The molecule has 0 bridgehead atoms. The van der Waals surface area contributed by atoms with Gasteiger partial charge in [-0.1, -0.05) is 31.1 Å². The number of halogens is 1. The van der Waals surface area contributed by atoms with E-state index in [0.717, 1.165) is 18.4 Å². The molecule has 0 radical (unpaired) electrons. The Balaban J connectivity index is 3.04. The van der Waals surface area contributed by atoms with Gasteiger partial charge in [0.05, 0.1) is 0 Å². The lowest BCUT2D eigenvalue weighted by molar-refractivity contribution is -0.113. The highest BCUT2D eigenvalue weighted by molar-refractivity contribution is 6.21. The molecule has 17 heavy (non-hydrogen) atoms. The number of unbranched alkanes of at least 4 members (excludes halogenated alkanes) is 1. The molecule has 0 fully saturated rings. The molecule has 0 N–H and O–H groups in total. The summed E-state index contributed by atoms with van der Waals surface area (Å²) in [5.74, 6) is -0.193. The number of hydrogen-bond acceptors (Lipinski definition) is 1. The Morgan fingerprint density at radius 2 is 2.00 bits per heavy atom. The second kappa shape index (κ2) is 6.33. The van der Waals surface area contributed by atoms with Crippen molar-refractivity contribution in [2.45, 2.75) is 40.0 Å². The van der Waals surface area contributed by atoms with Crippen LogP contribution in [0.5, 0.6) is 0 Å². The smallest absolute Gasteiger partial charge is 0.163 e. The third-order valence-corrected chi connectivity index (χ3v) is 2.65. The number of Topliss-reactive ketones (excluding diaryl/α,β-unsaturated/α-hetero) is 1. The molecule has 2 heteroatoms. The minimum absolute atomic E-state index is 0.109. The Morgan fingerprint density at radius 3 is 2.53 bits per heavy atom. The predicted molar refractivity (Wildman–Crippen MR) is 69.2 cm³/mol. The van der Waals surface area contributed by atoms with E-state index in [1.165, 1.54) is 12.1 Å². The Morgan fingerprint density at radius 1 is 1.29 bits per heavy atom. The van der Waals surface area contributed by atoms with E-state index in [1.807, 2.05) is 13.8 Å². The third kappa shape index (κ3) is 3.81. The molecule has 0 saturated heterocycles. The zero-order valence-corrected chi connectivity index (χ0v) is 10.7. The number of allylic oxidation sites excluding steroid dienone is 2. The first-order valence-electron chi connectivity index (χ1n) is 6.03. The van der Waals surface area contributed by atoms with Crippen LogP contribution in [0.15, 0.2) is 29.8 Å². The van der Waals surface area contributed by atoms with Gasteiger partial charge in [0, 0.05) is 12.0 Å². The van der Waals surface area contributed by atoms with Crippen molar-refractivity contribution in [3.05, 3.63) is 41.2 Å². The van der Waals surface area contributed by atoms with Crippen molar-refractivity contribution in [1.82, 2.24) is 0 Å². The van der Waals surface area contributed by atoms with E-state index in [2.05, 4.69) is 6.92 Å². The summed E-state index contributed by atoms with van der Waals surface area (Å²) < 4.78 is 13.2. The molecular weight excluding hydrogens is 215 g/mol. The van der Waals surface area contributed by atoms with Gasteiger partial charge >= 0.3 is 0 Å². The summed E-state index contributed by atoms with van der Waals surface area (Å²) in [6, 6.07) is 6.24. The Hall–Kier alpha value is -1.44. The molecule has 0 atom stereocenters. The first-order chi connectivity index (χ1) is 8.06. The number of ketones is 1. The summed E-state index contributed by atoms with van der Waals surface area (Å²) in [7, 11) is 0. The van der Waals surface area contributed by atoms with Gasteiger partial charge in [-0.3, -0.25) is 4.79 Å². The first kappa shape index (κ1) is 13.6. The second-order valence-electron chi connectivity index (χ2n) is 4.41. The zero-order valence-electron chi connectivity index (χ0n) is 10.7. The van der Waals surface area contributed by atoms with E-state index in [1.54, 1.807) is 12.1 Å². The highest BCUT2D eigenvalue weighted by Gasteiger charge is 2.13. The fourth-order valence-electron chi connectivity index (χ4n) is 1.83. The lowest BCUT2D eigenvalue weighted by atomic mass is 9.94. The summed E-state index contributed by atoms with van der Waals surface area (Å²) in [5.41, 5.74) is 2.29. The van der Waals surface area contributed by atoms with Crippen molar-refractivity contribution >= 4 is 11.4 Å². The van der Waals surface area contributed by atoms with E-state index in [-0.39, 0.29) is 11.6 Å². The summed E-state index contributed by atoms with van der Waals surface area (Å²) in [5, 5.41) is 0. The van der Waals surface area contributed by atoms with Crippen LogP contribution in [-0.2, 0) is 4.79 Å². The lowest BCUT2D eigenvalue weighted by Gasteiger charge is -2.09. The van der Waals surface area contributed by atoms with Gasteiger partial charge in [0.25, 0.3) is 0 Å². The topological polar surface area (TPSA) is 17.1 Å². The van der Waals surface area contributed by atoms with Crippen LogP contribution in [-0.4, -0.2) is 5.78 Å². The van der Waals surface area contributed by atoms with Crippen LogP contribution in [0.3, 0.4) is 0 Å². The van der Waals surface area contributed by atoms with Gasteiger partial charge in [-0.05, 0) is 38.0 Å². The number of hydrogen-bond donors (Lipinski definition) is 0. The van der Waals surface area contributed by atoms with Gasteiger partial charge in [-0.15, -0.1) is 0 Å². The fraction of sp³-hybridized carbons (Fsp3) is 0.400. The SMILES string of the molecule is CCCCC(=O)C(=C(C)C)c1cccc(F)c1. The molecule has 0 heterocycles. The minimum Gasteiger partial charge on any atom is -0.294 e. The molecule has 0 aliphatic rings. The van der Waals surface area contributed by atoms with Gasteiger partial charge in [0.1, 0.15) is 5.82 Å². The van der Waals surface area contributed by atoms with Crippen LogP contribution in [0.1, 0.15) is 45.6 Å². The third-order valence-electron chi connectivity index (χ3n) is 2.65. The number of carbonyl (C=O) groups is 1. The van der Waals surface area contributed by atoms with Crippen molar-refractivity contribution in [2.24, 2.45) is 0 Å².